The quantitative estimate of drug-likeness (QED) is 0.913. The van der Waals surface area contributed by atoms with Crippen molar-refractivity contribution in [3.8, 4) is 0 Å². The minimum absolute atomic E-state index is 0.180. The molecule has 4 nitrogen and oxygen atoms in total. The van der Waals surface area contributed by atoms with Crippen LogP contribution in [-0.4, -0.2) is 20.8 Å². The van der Waals surface area contributed by atoms with Crippen LogP contribution in [0, 0.1) is 17.3 Å². The van der Waals surface area contributed by atoms with Gasteiger partial charge < -0.3 is 10.3 Å². The van der Waals surface area contributed by atoms with E-state index in [4.69, 9.17) is 5.73 Å². The van der Waals surface area contributed by atoms with Gasteiger partial charge in [-0.05, 0) is 30.1 Å². The highest BCUT2D eigenvalue weighted by Crippen LogP contribution is 2.49. The van der Waals surface area contributed by atoms with Crippen molar-refractivity contribution in [2.45, 2.75) is 66.0 Å². The molecule has 1 aromatic rings. The molecule has 3 atom stereocenters. The smallest absolute Gasteiger partial charge is 0.136 e. The predicted molar refractivity (Wildman–Crippen MR) is 77.8 cm³/mol. The predicted octanol–water partition coefficient (Wildman–Crippen LogP) is 2.80. The van der Waals surface area contributed by atoms with Crippen LogP contribution in [0.2, 0.25) is 0 Å². The van der Waals surface area contributed by atoms with Gasteiger partial charge in [0.15, 0.2) is 0 Å². The van der Waals surface area contributed by atoms with E-state index in [1.807, 2.05) is 6.33 Å². The highest BCUT2D eigenvalue weighted by Gasteiger charge is 2.44. The largest absolute Gasteiger partial charge is 0.327 e. The van der Waals surface area contributed by atoms with E-state index in [0.717, 1.165) is 25.2 Å². The number of hydrogen-bond donors (Lipinski definition) is 1. The zero-order valence-electron chi connectivity index (χ0n) is 12.9. The van der Waals surface area contributed by atoms with Gasteiger partial charge in [0.2, 0.25) is 0 Å². The minimum atomic E-state index is 0.180. The van der Waals surface area contributed by atoms with E-state index >= 15 is 0 Å². The van der Waals surface area contributed by atoms with Crippen molar-refractivity contribution in [3.05, 3.63) is 12.2 Å². The fourth-order valence-corrected chi connectivity index (χ4v) is 3.38. The third-order valence-corrected chi connectivity index (χ3v) is 5.02. The van der Waals surface area contributed by atoms with Gasteiger partial charge in [-0.15, -0.1) is 10.2 Å². The second-order valence-electron chi connectivity index (χ2n) is 7.14. The summed E-state index contributed by atoms with van der Waals surface area (Å²) in [6.45, 7) is 12.4. The van der Waals surface area contributed by atoms with E-state index < -0.39 is 0 Å². The molecule has 2 rings (SSSR count). The zero-order chi connectivity index (χ0) is 14.2. The highest BCUT2D eigenvalue weighted by atomic mass is 15.3. The lowest BCUT2D eigenvalue weighted by Gasteiger charge is -2.46. The van der Waals surface area contributed by atoms with Crippen molar-refractivity contribution in [1.82, 2.24) is 14.8 Å². The summed E-state index contributed by atoms with van der Waals surface area (Å²) in [6.07, 6.45) is 4.09. The molecule has 1 aliphatic rings. The van der Waals surface area contributed by atoms with Crippen LogP contribution in [0.5, 0.6) is 0 Å². The Bertz CT molecular complexity index is 422. The molecule has 0 saturated heterocycles. The van der Waals surface area contributed by atoms with E-state index in [-0.39, 0.29) is 5.41 Å². The Balaban J connectivity index is 2.28. The number of nitrogens with zero attached hydrogens (tertiary/aromatic N) is 3. The second-order valence-corrected chi connectivity index (χ2v) is 7.14. The Morgan fingerprint density at radius 3 is 2.74 bits per heavy atom. The summed E-state index contributed by atoms with van der Waals surface area (Å²) in [7, 11) is 0. The molecule has 19 heavy (non-hydrogen) atoms. The molecule has 1 fully saturated rings. The SMILES string of the molecule is CC(C)Cn1cnnc1C1CCC(N)C(C)C1(C)C. The molecular formula is C15H28N4. The molecule has 0 aromatic carbocycles. The minimum Gasteiger partial charge on any atom is -0.327 e. The van der Waals surface area contributed by atoms with E-state index in [1.54, 1.807) is 0 Å². The van der Waals surface area contributed by atoms with Crippen molar-refractivity contribution in [1.29, 1.82) is 0 Å². The summed E-state index contributed by atoms with van der Waals surface area (Å²) >= 11 is 0. The van der Waals surface area contributed by atoms with Gasteiger partial charge in [0, 0.05) is 18.5 Å². The average molecular weight is 264 g/mol. The Hall–Kier alpha value is -0.900. The number of hydrogen-bond acceptors (Lipinski definition) is 3. The standard InChI is InChI=1S/C15H28N4/c1-10(2)8-19-9-17-18-14(19)12-6-7-13(16)11(3)15(12,4)5/h9-13H,6-8,16H2,1-5H3. The van der Waals surface area contributed by atoms with Crippen molar-refractivity contribution >= 4 is 0 Å². The van der Waals surface area contributed by atoms with Gasteiger partial charge in [-0.2, -0.15) is 0 Å². The lowest BCUT2D eigenvalue weighted by Crippen LogP contribution is -2.46. The monoisotopic (exact) mass is 264 g/mol. The van der Waals surface area contributed by atoms with Crippen LogP contribution in [0.1, 0.15) is 59.2 Å². The number of rotatable bonds is 3. The third-order valence-electron chi connectivity index (χ3n) is 5.02. The summed E-state index contributed by atoms with van der Waals surface area (Å²) in [5.74, 6) is 2.73. The van der Waals surface area contributed by atoms with Crippen LogP contribution in [0.15, 0.2) is 6.33 Å². The van der Waals surface area contributed by atoms with Crippen LogP contribution in [-0.2, 0) is 6.54 Å². The zero-order valence-corrected chi connectivity index (χ0v) is 12.9. The molecule has 0 amide bonds. The molecule has 2 N–H and O–H groups in total. The molecular weight excluding hydrogens is 236 g/mol. The first-order chi connectivity index (χ1) is 8.84. The van der Waals surface area contributed by atoms with Crippen LogP contribution in [0.25, 0.3) is 0 Å². The van der Waals surface area contributed by atoms with Crippen LogP contribution >= 0.6 is 0 Å². The molecule has 0 bridgehead atoms. The molecule has 0 radical (unpaired) electrons. The highest BCUT2D eigenvalue weighted by molar-refractivity contribution is 5.08. The molecule has 4 heteroatoms. The second kappa shape index (κ2) is 5.23. The van der Waals surface area contributed by atoms with Gasteiger partial charge in [0.05, 0.1) is 0 Å². The summed E-state index contributed by atoms with van der Waals surface area (Å²) in [6, 6.07) is 0.313. The Morgan fingerprint density at radius 2 is 2.11 bits per heavy atom. The fourth-order valence-electron chi connectivity index (χ4n) is 3.38. The maximum absolute atomic E-state index is 6.25. The molecule has 1 saturated carbocycles. The molecule has 0 spiro atoms. The molecule has 1 aromatic heterocycles. The van der Waals surface area contributed by atoms with E-state index in [2.05, 4.69) is 49.4 Å². The Kier molecular flexibility index (Phi) is 4.00. The fraction of sp³-hybridized carbons (Fsp3) is 0.867. The first-order valence-corrected chi connectivity index (χ1v) is 7.47. The summed E-state index contributed by atoms with van der Waals surface area (Å²) in [4.78, 5) is 0. The first-order valence-electron chi connectivity index (χ1n) is 7.47. The van der Waals surface area contributed by atoms with Gasteiger partial charge in [-0.3, -0.25) is 0 Å². The van der Waals surface area contributed by atoms with Crippen LogP contribution < -0.4 is 5.73 Å². The van der Waals surface area contributed by atoms with Gasteiger partial charge in [0.1, 0.15) is 12.2 Å². The molecule has 0 aliphatic heterocycles. The van der Waals surface area contributed by atoms with Crippen molar-refractivity contribution in [3.63, 3.8) is 0 Å². The molecule has 1 aliphatic carbocycles. The Morgan fingerprint density at radius 1 is 1.42 bits per heavy atom. The molecule has 1 heterocycles. The van der Waals surface area contributed by atoms with Gasteiger partial charge in [-0.25, -0.2) is 0 Å². The number of aromatic nitrogens is 3. The number of nitrogens with two attached hydrogens (primary N) is 1. The van der Waals surface area contributed by atoms with Crippen molar-refractivity contribution in [2.75, 3.05) is 0 Å². The van der Waals surface area contributed by atoms with Crippen LogP contribution in [0.3, 0.4) is 0 Å². The lowest BCUT2D eigenvalue weighted by atomic mass is 9.61. The summed E-state index contributed by atoms with van der Waals surface area (Å²) < 4.78 is 2.24. The van der Waals surface area contributed by atoms with Crippen molar-refractivity contribution in [2.24, 2.45) is 23.0 Å². The van der Waals surface area contributed by atoms with E-state index in [9.17, 15) is 0 Å². The Labute approximate surface area is 116 Å². The molecule has 3 unspecified atom stereocenters. The van der Waals surface area contributed by atoms with Gasteiger partial charge >= 0.3 is 0 Å². The molecule has 108 valence electrons. The van der Waals surface area contributed by atoms with Crippen LogP contribution in [0.4, 0.5) is 0 Å². The van der Waals surface area contributed by atoms with Crippen molar-refractivity contribution < 1.29 is 0 Å². The van der Waals surface area contributed by atoms with Gasteiger partial charge in [-0.1, -0.05) is 34.6 Å². The normalized spacial score (nSPS) is 30.8. The summed E-state index contributed by atoms with van der Waals surface area (Å²) in [5.41, 5.74) is 6.43. The maximum Gasteiger partial charge on any atom is 0.136 e. The lowest BCUT2D eigenvalue weighted by molar-refractivity contribution is 0.0922. The maximum atomic E-state index is 6.25. The topological polar surface area (TPSA) is 56.7 Å². The van der Waals surface area contributed by atoms with E-state index in [0.29, 0.717) is 23.8 Å². The van der Waals surface area contributed by atoms with Gasteiger partial charge in [0.25, 0.3) is 0 Å². The third kappa shape index (κ3) is 2.69. The van der Waals surface area contributed by atoms with E-state index in [1.165, 1.54) is 0 Å². The average Bonchev–Trinajstić information content (AvgIpc) is 2.73. The first kappa shape index (κ1) is 14.5. The summed E-state index contributed by atoms with van der Waals surface area (Å²) in [5, 5.41) is 8.56.